The minimum absolute atomic E-state index is 0.234. The second-order valence-corrected chi connectivity index (χ2v) is 11.2. The molecule has 0 N–H and O–H groups in total. The number of fused-ring (bicyclic) bond motifs is 1. The SMILES string of the molecule is CCCCOc1c(C)c(COc2cccc(OCC3CCN(C(=O)OC(C)(C)C)CC3)c2)nc2ccccc12. The molecule has 3 aromatic rings. The number of likely N-dealkylation sites (tertiary alicyclic amines) is 1. The van der Waals surface area contributed by atoms with Crippen LogP contribution in [-0.2, 0) is 11.3 Å². The van der Waals surface area contributed by atoms with Crippen molar-refractivity contribution >= 4 is 17.0 Å². The summed E-state index contributed by atoms with van der Waals surface area (Å²) in [4.78, 5) is 19.0. The van der Waals surface area contributed by atoms with Crippen molar-refractivity contribution in [1.82, 2.24) is 9.88 Å². The summed E-state index contributed by atoms with van der Waals surface area (Å²) in [5.74, 6) is 2.79. The van der Waals surface area contributed by atoms with E-state index in [4.69, 9.17) is 23.9 Å². The average Bonchev–Trinajstić information content (AvgIpc) is 2.92. The fourth-order valence-corrected chi connectivity index (χ4v) is 4.60. The van der Waals surface area contributed by atoms with E-state index in [0.717, 1.165) is 65.1 Å². The van der Waals surface area contributed by atoms with Crippen molar-refractivity contribution in [2.45, 2.75) is 72.5 Å². The molecule has 1 aromatic heterocycles. The van der Waals surface area contributed by atoms with Gasteiger partial charge in [-0.25, -0.2) is 9.78 Å². The summed E-state index contributed by atoms with van der Waals surface area (Å²) < 4.78 is 24.0. The first kappa shape index (κ1) is 28.5. The number of piperidine rings is 1. The van der Waals surface area contributed by atoms with Gasteiger partial charge in [0.05, 0.1) is 24.4 Å². The summed E-state index contributed by atoms with van der Waals surface area (Å²) in [5, 5.41) is 1.03. The summed E-state index contributed by atoms with van der Waals surface area (Å²) in [5.41, 5.74) is 2.30. The predicted octanol–water partition coefficient (Wildman–Crippen LogP) is 7.33. The van der Waals surface area contributed by atoms with Gasteiger partial charge in [0.25, 0.3) is 0 Å². The molecule has 0 unspecified atom stereocenters. The largest absolute Gasteiger partial charge is 0.493 e. The highest BCUT2D eigenvalue weighted by molar-refractivity contribution is 5.86. The highest BCUT2D eigenvalue weighted by Crippen LogP contribution is 2.31. The molecule has 1 saturated heterocycles. The zero-order chi connectivity index (χ0) is 27.8. The van der Waals surface area contributed by atoms with Crippen LogP contribution in [-0.4, -0.2) is 47.9 Å². The molecule has 0 spiro atoms. The third-order valence-electron chi connectivity index (χ3n) is 6.85. The van der Waals surface area contributed by atoms with E-state index in [1.165, 1.54) is 0 Å². The van der Waals surface area contributed by atoms with Gasteiger partial charge in [-0.15, -0.1) is 0 Å². The molecule has 2 heterocycles. The van der Waals surface area contributed by atoms with E-state index in [9.17, 15) is 4.79 Å². The standard InChI is InChI=1S/C32H42N2O5/c1-6-7-19-36-30-23(2)29(33-28-14-9-8-13-27(28)30)22-38-26-12-10-11-25(20-26)37-21-24-15-17-34(18-16-24)31(35)39-32(3,4)5/h8-14,20,24H,6-7,15-19,21-22H2,1-5H3. The van der Waals surface area contributed by atoms with Crippen molar-refractivity contribution in [2.75, 3.05) is 26.3 Å². The van der Waals surface area contributed by atoms with Gasteiger partial charge in [0.15, 0.2) is 0 Å². The topological polar surface area (TPSA) is 70.1 Å². The number of unbranched alkanes of at least 4 members (excludes halogenated alkanes) is 1. The number of ether oxygens (including phenoxy) is 4. The van der Waals surface area contributed by atoms with E-state index in [1.807, 2.05) is 70.2 Å². The van der Waals surface area contributed by atoms with Crippen molar-refractivity contribution in [3.8, 4) is 17.2 Å². The van der Waals surface area contributed by atoms with Gasteiger partial charge in [-0.3, -0.25) is 0 Å². The Balaban J connectivity index is 1.33. The molecule has 1 amide bonds. The molecule has 0 bridgehead atoms. The molecule has 0 atom stereocenters. The van der Waals surface area contributed by atoms with Gasteiger partial charge in [0.2, 0.25) is 0 Å². The Bertz CT molecular complexity index is 1250. The van der Waals surface area contributed by atoms with Crippen molar-refractivity contribution in [3.63, 3.8) is 0 Å². The number of benzene rings is 2. The number of amides is 1. The monoisotopic (exact) mass is 534 g/mol. The molecule has 0 saturated carbocycles. The Kier molecular flexibility index (Phi) is 9.54. The lowest BCUT2D eigenvalue weighted by Gasteiger charge is -2.33. The van der Waals surface area contributed by atoms with Gasteiger partial charge >= 0.3 is 6.09 Å². The van der Waals surface area contributed by atoms with Crippen LogP contribution < -0.4 is 14.2 Å². The van der Waals surface area contributed by atoms with Crippen LogP contribution in [0.25, 0.3) is 10.9 Å². The highest BCUT2D eigenvalue weighted by Gasteiger charge is 2.27. The summed E-state index contributed by atoms with van der Waals surface area (Å²) in [6.45, 7) is 12.9. The normalized spacial score (nSPS) is 14.3. The number of rotatable bonds is 10. The van der Waals surface area contributed by atoms with Gasteiger partial charge in [-0.2, -0.15) is 0 Å². The number of pyridine rings is 1. The zero-order valence-electron chi connectivity index (χ0n) is 24.0. The Morgan fingerprint density at radius 2 is 1.72 bits per heavy atom. The summed E-state index contributed by atoms with van der Waals surface area (Å²) in [6, 6.07) is 15.8. The Labute approximate surface area is 232 Å². The fraction of sp³-hybridized carbons (Fsp3) is 0.500. The van der Waals surface area contributed by atoms with Crippen LogP contribution in [0.5, 0.6) is 17.2 Å². The van der Waals surface area contributed by atoms with E-state index < -0.39 is 5.60 Å². The molecule has 2 aromatic carbocycles. The lowest BCUT2D eigenvalue weighted by atomic mass is 9.98. The third-order valence-corrected chi connectivity index (χ3v) is 6.85. The molecular formula is C32H42N2O5. The number of para-hydroxylation sites is 1. The molecule has 0 radical (unpaired) electrons. The summed E-state index contributed by atoms with van der Waals surface area (Å²) in [7, 11) is 0. The number of hydrogen-bond acceptors (Lipinski definition) is 6. The van der Waals surface area contributed by atoms with Crippen LogP contribution >= 0.6 is 0 Å². The smallest absolute Gasteiger partial charge is 0.410 e. The van der Waals surface area contributed by atoms with Gasteiger partial charge in [0.1, 0.15) is 29.5 Å². The van der Waals surface area contributed by atoms with E-state index in [-0.39, 0.29) is 6.09 Å². The molecule has 1 aliphatic heterocycles. The molecule has 7 heteroatoms. The van der Waals surface area contributed by atoms with Crippen LogP contribution in [0.4, 0.5) is 4.79 Å². The van der Waals surface area contributed by atoms with Crippen LogP contribution in [0.1, 0.15) is 64.6 Å². The first-order valence-corrected chi connectivity index (χ1v) is 14.1. The maximum Gasteiger partial charge on any atom is 0.410 e. The number of aromatic nitrogens is 1. The molecule has 0 aliphatic carbocycles. The Morgan fingerprint density at radius 3 is 2.44 bits per heavy atom. The highest BCUT2D eigenvalue weighted by atomic mass is 16.6. The molecule has 1 fully saturated rings. The molecule has 4 rings (SSSR count). The minimum atomic E-state index is -0.474. The third kappa shape index (κ3) is 8.01. The molecule has 7 nitrogen and oxygen atoms in total. The molecular weight excluding hydrogens is 492 g/mol. The Morgan fingerprint density at radius 1 is 1.00 bits per heavy atom. The van der Waals surface area contributed by atoms with Crippen LogP contribution in [0.2, 0.25) is 0 Å². The van der Waals surface area contributed by atoms with E-state index >= 15 is 0 Å². The van der Waals surface area contributed by atoms with Crippen molar-refractivity contribution in [1.29, 1.82) is 0 Å². The van der Waals surface area contributed by atoms with Gasteiger partial charge < -0.3 is 23.8 Å². The minimum Gasteiger partial charge on any atom is -0.493 e. The maximum atomic E-state index is 12.3. The molecule has 1 aliphatic rings. The van der Waals surface area contributed by atoms with Gasteiger partial charge in [-0.05, 0) is 77.1 Å². The van der Waals surface area contributed by atoms with E-state index in [0.29, 0.717) is 38.8 Å². The summed E-state index contributed by atoms with van der Waals surface area (Å²) >= 11 is 0. The maximum absolute atomic E-state index is 12.3. The first-order valence-electron chi connectivity index (χ1n) is 14.1. The lowest BCUT2D eigenvalue weighted by molar-refractivity contribution is 0.0165. The first-order chi connectivity index (χ1) is 18.7. The van der Waals surface area contributed by atoms with E-state index in [2.05, 4.69) is 13.0 Å². The number of carbonyl (C=O) groups excluding carboxylic acids is 1. The predicted molar refractivity (Wildman–Crippen MR) is 154 cm³/mol. The Hall–Kier alpha value is -3.48. The number of hydrogen-bond donors (Lipinski definition) is 0. The van der Waals surface area contributed by atoms with Crippen LogP contribution in [0.3, 0.4) is 0 Å². The van der Waals surface area contributed by atoms with Crippen LogP contribution in [0, 0.1) is 12.8 Å². The van der Waals surface area contributed by atoms with E-state index in [1.54, 1.807) is 4.90 Å². The zero-order valence-corrected chi connectivity index (χ0v) is 24.0. The number of nitrogens with zero attached hydrogens (tertiary/aromatic N) is 2. The van der Waals surface area contributed by atoms with Crippen LogP contribution in [0.15, 0.2) is 48.5 Å². The molecule has 39 heavy (non-hydrogen) atoms. The van der Waals surface area contributed by atoms with Gasteiger partial charge in [0, 0.05) is 30.1 Å². The number of carbonyl (C=O) groups is 1. The van der Waals surface area contributed by atoms with Crippen molar-refractivity contribution < 1.29 is 23.7 Å². The second kappa shape index (κ2) is 13.0. The lowest BCUT2D eigenvalue weighted by Crippen LogP contribution is -2.42. The summed E-state index contributed by atoms with van der Waals surface area (Å²) in [6.07, 6.45) is 3.65. The van der Waals surface area contributed by atoms with Crippen molar-refractivity contribution in [3.05, 3.63) is 59.8 Å². The van der Waals surface area contributed by atoms with Crippen molar-refractivity contribution in [2.24, 2.45) is 5.92 Å². The molecule has 210 valence electrons. The fourth-order valence-electron chi connectivity index (χ4n) is 4.60. The quantitative estimate of drug-likeness (QED) is 0.254. The van der Waals surface area contributed by atoms with Gasteiger partial charge in [-0.1, -0.05) is 31.5 Å². The second-order valence-electron chi connectivity index (χ2n) is 11.2. The average molecular weight is 535 g/mol.